The van der Waals surface area contributed by atoms with E-state index in [4.69, 9.17) is 10.5 Å². The van der Waals surface area contributed by atoms with Gasteiger partial charge in [-0.3, -0.25) is 4.90 Å². The van der Waals surface area contributed by atoms with E-state index in [9.17, 15) is 4.39 Å². The summed E-state index contributed by atoms with van der Waals surface area (Å²) in [7, 11) is 1.54. The fourth-order valence-electron chi connectivity index (χ4n) is 0.865. The molecule has 0 heterocycles. The summed E-state index contributed by atoms with van der Waals surface area (Å²) in [5.74, 6) is -0.572. The van der Waals surface area contributed by atoms with Crippen LogP contribution in [0.25, 0.3) is 0 Å². The fraction of sp³-hybridized carbons (Fsp3) is 0.111. The first kappa shape index (κ1) is 9.02. The van der Waals surface area contributed by atoms with E-state index in [1.165, 1.54) is 30.1 Å². The molecule has 0 aliphatic rings. The van der Waals surface area contributed by atoms with Gasteiger partial charge in [-0.05, 0) is 18.2 Å². The third kappa shape index (κ3) is 1.74. The van der Waals surface area contributed by atoms with Crippen LogP contribution < -0.4 is 4.90 Å². The van der Waals surface area contributed by atoms with Crippen LogP contribution in [0.5, 0.6) is 0 Å². The van der Waals surface area contributed by atoms with Crippen molar-refractivity contribution >= 4 is 5.69 Å². The van der Waals surface area contributed by atoms with Crippen molar-refractivity contribution < 1.29 is 4.39 Å². The smallest absolute Gasteiger partial charge is 0.183 e. The maximum Gasteiger partial charge on any atom is 0.183 e. The minimum atomic E-state index is -0.572. The maximum absolute atomic E-state index is 12.8. The van der Waals surface area contributed by atoms with E-state index in [1.54, 1.807) is 6.07 Å². The molecule has 1 aromatic rings. The van der Waals surface area contributed by atoms with Crippen molar-refractivity contribution in [2.75, 3.05) is 11.9 Å². The van der Waals surface area contributed by atoms with Crippen LogP contribution >= 0.6 is 0 Å². The number of halogens is 1. The lowest BCUT2D eigenvalue weighted by atomic mass is 10.2. The number of nitrogens with zero attached hydrogens (tertiary/aromatic N) is 3. The van der Waals surface area contributed by atoms with E-state index in [0.717, 1.165) is 0 Å². The van der Waals surface area contributed by atoms with Gasteiger partial charge in [0.05, 0.1) is 11.3 Å². The van der Waals surface area contributed by atoms with Crippen LogP contribution in [0.2, 0.25) is 0 Å². The fourth-order valence-corrected chi connectivity index (χ4v) is 0.865. The van der Waals surface area contributed by atoms with E-state index in [-0.39, 0.29) is 5.56 Å². The van der Waals surface area contributed by atoms with E-state index in [2.05, 4.69) is 0 Å². The van der Waals surface area contributed by atoms with Gasteiger partial charge in [-0.1, -0.05) is 0 Å². The van der Waals surface area contributed by atoms with Crippen LogP contribution in [0.3, 0.4) is 0 Å². The summed E-state index contributed by atoms with van der Waals surface area (Å²) in [6, 6.07) is 5.65. The van der Waals surface area contributed by atoms with Crippen molar-refractivity contribution in [3.8, 4) is 12.3 Å². The molecule has 1 rings (SSSR count). The predicted octanol–water partition coefficient (Wildman–Crippen LogP) is 1.61. The Morgan fingerprint density at radius 3 is 2.62 bits per heavy atom. The molecular weight excluding hydrogens is 169 g/mol. The zero-order chi connectivity index (χ0) is 9.84. The highest BCUT2D eigenvalue weighted by molar-refractivity contribution is 5.53. The molecule has 0 bridgehead atoms. The van der Waals surface area contributed by atoms with Crippen LogP contribution in [0.4, 0.5) is 10.1 Å². The Hall–Kier alpha value is -2.07. The van der Waals surface area contributed by atoms with Gasteiger partial charge < -0.3 is 0 Å². The van der Waals surface area contributed by atoms with Gasteiger partial charge >= 0.3 is 0 Å². The largest absolute Gasteiger partial charge is 0.283 e. The average Bonchev–Trinajstić information content (AvgIpc) is 2.17. The van der Waals surface area contributed by atoms with E-state index >= 15 is 0 Å². The van der Waals surface area contributed by atoms with Crippen LogP contribution in [0.15, 0.2) is 18.2 Å². The molecule has 0 radical (unpaired) electrons. The number of anilines is 1. The van der Waals surface area contributed by atoms with Gasteiger partial charge in [-0.15, -0.1) is 0 Å². The lowest BCUT2D eigenvalue weighted by Crippen LogP contribution is -2.08. The zero-order valence-corrected chi connectivity index (χ0v) is 6.95. The average molecular weight is 175 g/mol. The maximum atomic E-state index is 12.8. The van der Waals surface area contributed by atoms with Crippen LogP contribution in [0, 0.1) is 28.6 Å². The summed E-state index contributed by atoms with van der Waals surface area (Å²) in [6.45, 7) is 0. The first-order chi connectivity index (χ1) is 6.19. The third-order valence-corrected chi connectivity index (χ3v) is 1.61. The molecule has 0 unspecified atom stereocenters. The highest BCUT2D eigenvalue weighted by atomic mass is 19.1. The topological polar surface area (TPSA) is 50.8 Å². The first-order valence-corrected chi connectivity index (χ1v) is 3.52. The number of hydrogen-bond donors (Lipinski definition) is 0. The predicted molar refractivity (Wildman–Crippen MR) is 45.1 cm³/mol. The molecule has 0 fully saturated rings. The first-order valence-electron chi connectivity index (χ1n) is 3.52. The second-order valence-corrected chi connectivity index (χ2v) is 2.43. The Morgan fingerprint density at radius 2 is 2.08 bits per heavy atom. The van der Waals surface area contributed by atoms with Crippen LogP contribution in [-0.2, 0) is 0 Å². The molecule has 0 saturated heterocycles. The van der Waals surface area contributed by atoms with E-state index in [0.29, 0.717) is 5.69 Å². The SMILES string of the molecule is CN(C#N)c1ccc(F)c(C#N)c1. The summed E-state index contributed by atoms with van der Waals surface area (Å²) in [5.41, 5.74) is 0.444. The number of nitriles is 2. The zero-order valence-electron chi connectivity index (χ0n) is 6.95. The van der Waals surface area contributed by atoms with Gasteiger partial charge in [0, 0.05) is 7.05 Å². The lowest BCUT2D eigenvalue weighted by Gasteiger charge is -2.08. The molecule has 0 atom stereocenters. The Morgan fingerprint density at radius 1 is 1.38 bits per heavy atom. The monoisotopic (exact) mass is 175 g/mol. The molecule has 4 heteroatoms. The van der Waals surface area contributed by atoms with Crippen molar-refractivity contribution in [2.45, 2.75) is 0 Å². The van der Waals surface area contributed by atoms with Crippen molar-refractivity contribution in [1.82, 2.24) is 0 Å². The molecular formula is C9H6FN3. The summed E-state index contributed by atoms with van der Waals surface area (Å²) >= 11 is 0. The van der Waals surface area contributed by atoms with Crippen molar-refractivity contribution in [1.29, 1.82) is 10.5 Å². The van der Waals surface area contributed by atoms with E-state index in [1.807, 2.05) is 6.19 Å². The number of benzene rings is 1. The van der Waals surface area contributed by atoms with Crippen LogP contribution in [0.1, 0.15) is 5.56 Å². The Bertz CT molecular complexity index is 400. The molecule has 0 aliphatic carbocycles. The molecule has 3 nitrogen and oxygen atoms in total. The standard InChI is InChI=1S/C9H6FN3/c1-13(6-12)8-2-3-9(10)7(4-8)5-11/h2-4H,1H3. The van der Waals surface area contributed by atoms with Gasteiger partial charge in [-0.2, -0.15) is 10.5 Å². The highest BCUT2D eigenvalue weighted by Crippen LogP contribution is 2.16. The summed E-state index contributed by atoms with van der Waals surface area (Å²) in [6.07, 6.45) is 1.85. The molecule has 0 amide bonds. The van der Waals surface area contributed by atoms with Crippen LogP contribution in [-0.4, -0.2) is 7.05 Å². The molecule has 0 saturated carbocycles. The minimum Gasteiger partial charge on any atom is -0.283 e. The second-order valence-electron chi connectivity index (χ2n) is 2.43. The minimum absolute atomic E-state index is 0.0559. The molecule has 0 spiro atoms. The molecule has 1 aromatic carbocycles. The van der Waals surface area contributed by atoms with Crippen molar-refractivity contribution in [3.05, 3.63) is 29.6 Å². The second kappa shape index (κ2) is 3.55. The van der Waals surface area contributed by atoms with Gasteiger partial charge in [0.2, 0.25) is 0 Å². The third-order valence-electron chi connectivity index (χ3n) is 1.61. The van der Waals surface area contributed by atoms with Crippen molar-refractivity contribution in [3.63, 3.8) is 0 Å². The Labute approximate surface area is 75.2 Å². The number of rotatable bonds is 1. The van der Waals surface area contributed by atoms with Gasteiger partial charge in [0.15, 0.2) is 6.19 Å². The summed E-state index contributed by atoms with van der Waals surface area (Å²) < 4.78 is 12.8. The quantitative estimate of drug-likeness (QED) is 0.481. The molecule has 13 heavy (non-hydrogen) atoms. The Kier molecular flexibility index (Phi) is 2.47. The Balaban J connectivity index is 3.17. The lowest BCUT2D eigenvalue weighted by molar-refractivity contribution is 0.624. The summed E-state index contributed by atoms with van der Waals surface area (Å²) in [5, 5.41) is 17.0. The van der Waals surface area contributed by atoms with Crippen molar-refractivity contribution in [2.24, 2.45) is 0 Å². The van der Waals surface area contributed by atoms with Gasteiger partial charge in [0.1, 0.15) is 11.9 Å². The van der Waals surface area contributed by atoms with Gasteiger partial charge in [0.25, 0.3) is 0 Å². The van der Waals surface area contributed by atoms with Gasteiger partial charge in [-0.25, -0.2) is 4.39 Å². The molecule has 64 valence electrons. The summed E-state index contributed by atoms with van der Waals surface area (Å²) in [4.78, 5) is 1.25. The van der Waals surface area contributed by atoms with E-state index < -0.39 is 5.82 Å². The molecule has 0 aliphatic heterocycles. The highest BCUT2D eigenvalue weighted by Gasteiger charge is 2.04. The molecule has 0 aromatic heterocycles. The number of hydrogen-bond acceptors (Lipinski definition) is 3. The molecule has 0 N–H and O–H groups in total. The normalized spacial score (nSPS) is 8.62.